The summed E-state index contributed by atoms with van der Waals surface area (Å²) in [4.78, 5) is 12.1. The predicted octanol–water partition coefficient (Wildman–Crippen LogP) is 0.519. The van der Waals surface area contributed by atoms with Crippen molar-refractivity contribution in [1.82, 2.24) is 5.32 Å². The molecule has 0 rings (SSSR count). The van der Waals surface area contributed by atoms with Crippen molar-refractivity contribution in [2.45, 2.75) is 39.7 Å². The molecule has 0 heterocycles. The molecule has 0 aromatic heterocycles. The lowest BCUT2D eigenvalue weighted by atomic mass is 9.90. The van der Waals surface area contributed by atoms with E-state index in [1.807, 2.05) is 6.92 Å². The molecule has 0 aromatic carbocycles. The van der Waals surface area contributed by atoms with E-state index in [-0.39, 0.29) is 25.0 Å². The molecule has 138 valence electrons. The highest BCUT2D eigenvalue weighted by Crippen LogP contribution is 2.27. The van der Waals surface area contributed by atoms with Gasteiger partial charge in [0, 0.05) is 22.8 Å². The summed E-state index contributed by atoms with van der Waals surface area (Å²) in [5.74, 6) is -0.216. The number of nitrogens with one attached hydrogen (secondary N) is 1. The topological polar surface area (TPSA) is 124 Å². The average Bonchev–Trinajstić information content (AvgIpc) is 2.40. The maximum Gasteiger partial charge on any atom is 0.267 e. The fraction of sp³-hybridized carbons (Fsp3) is 0.929. The van der Waals surface area contributed by atoms with Crippen molar-refractivity contribution in [3.8, 4) is 0 Å². The minimum absolute atomic E-state index is 0.116. The van der Waals surface area contributed by atoms with Gasteiger partial charge in [0.2, 0.25) is 5.91 Å². The second-order valence-corrected chi connectivity index (χ2v) is 9.17. The van der Waals surface area contributed by atoms with E-state index in [4.69, 9.17) is 4.55 Å². The molecule has 9 heteroatoms. The molecule has 0 aliphatic carbocycles. The molecule has 0 bridgehead atoms. The molecule has 7 nitrogen and oxygen atoms in total. The van der Waals surface area contributed by atoms with Gasteiger partial charge in [0.05, 0.1) is 24.5 Å². The summed E-state index contributed by atoms with van der Waals surface area (Å²) in [7, 11) is -4.18. The maximum atomic E-state index is 12.1. The Kier molecular flexibility index (Phi) is 9.08. The number of rotatable bonds is 11. The first-order valence-corrected chi connectivity index (χ1v) is 10.2. The van der Waals surface area contributed by atoms with E-state index in [9.17, 15) is 23.4 Å². The molecule has 1 atom stereocenters. The molecular weight excluding hydrogens is 342 g/mol. The summed E-state index contributed by atoms with van der Waals surface area (Å²) in [6, 6.07) is 0. The van der Waals surface area contributed by atoms with Crippen molar-refractivity contribution in [3.05, 3.63) is 0 Å². The molecule has 0 aliphatic rings. The van der Waals surface area contributed by atoms with Gasteiger partial charge in [0.25, 0.3) is 10.1 Å². The van der Waals surface area contributed by atoms with Gasteiger partial charge in [-0.3, -0.25) is 9.35 Å². The van der Waals surface area contributed by atoms with Gasteiger partial charge in [0.1, 0.15) is 0 Å². The second kappa shape index (κ2) is 9.22. The first-order chi connectivity index (χ1) is 10.4. The lowest BCUT2D eigenvalue weighted by Crippen LogP contribution is -2.50. The van der Waals surface area contributed by atoms with E-state index in [0.717, 1.165) is 0 Å². The van der Waals surface area contributed by atoms with Crippen molar-refractivity contribution in [2.75, 3.05) is 30.5 Å². The highest BCUT2D eigenvalue weighted by atomic mass is 32.2. The van der Waals surface area contributed by atoms with E-state index >= 15 is 0 Å². The standard InChI is InChI=1S/C14H29NO6S2/c1-5-14(7-16,8-17)9-22-6-11(2)12(18)15-13(3,4)10-23(19,20)21/h11,16-17H,5-10H2,1-4H3,(H,15,18)(H,19,20,21). The molecule has 0 saturated heterocycles. The zero-order valence-corrected chi connectivity index (χ0v) is 15.8. The smallest absolute Gasteiger partial charge is 0.267 e. The number of carbonyl (C=O) groups excluding carboxylic acids is 1. The lowest BCUT2D eigenvalue weighted by molar-refractivity contribution is -0.125. The van der Waals surface area contributed by atoms with Crippen LogP contribution in [0.4, 0.5) is 0 Å². The predicted molar refractivity (Wildman–Crippen MR) is 92.0 cm³/mol. The van der Waals surface area contributed by atoms with E-state index in [2.05, 4.69) is 5.32 Å². The molecule has 0 radical (unpaired) electrons. The number of amides is 1. The molecule has 0 spiro atoms. The Hall–Kier alpha value is -0.350. The van der Waals surface area contributed by atoms with Gasteiger partial charge in [-0.1, -0.05) is 13.8 Å². The summed E-state index contributed by atoms with van der Waals surface area (Å²) in [6.45, 7) is 6.43. The number of hydrogen-bond acceptors (Lipinski definition) is 6. The summed E-state index contributed by atoms with van der Waals surface area (Å²) in [5, 5.41) is 21.4. The highest BCUT2D eigenvalue weighted by molar-refractivity contribution is 7.99. The Labute approximate surface area is 143 Å². The van der Waals surface area contributed by atoms with Gasteiger partial charge >= 0.3 is 0 Å². The van der Waals surface area contributed by atoms with Crippen LogP contribution in [0, 0.1) is 11.3 Å². The molecule has 0 saturated carbocycles. The van der Waals surface area contributed by atoms with Gasteiger partial charge in [0.15, 0.2) is 0 Å². The minimum atomic E-state index is -4.18. The van der Waals surface area contributed by atoms with Crippen molar-refractivity contribution in [1.29, 1.82) is 0 Å². The third-order valence-electron chi connectivity index (χ3n) is 3.65. The zero-order valence-electron chi connectivity index (χ0n) is 14.2. The van der Waals surface area contributed by atoms with Gasteiger partial charge < -0.3 is 15.5 Å². The van der Waals surface area contributed by atoms with Crippen LogP contribution in [-0.4, -0.2) is 65.1 Å². The van der Waals surface area contributed by atoms with Crippen LogP contribution in [0.15, 0.2) is 0 Å². The molecule has 0 aliphatic heterocycles. The normalized spacial score (nSPS) is 14.6. The first-order valence-electron chi connectivity index (χ1n) is 7.47. The van der Waals surface area contributed by atoms with Gasteiger partial charge in [-0.15, -0.1) is 0 Å². The van der Waals surface area contributed by atoms with E-state index in [1.54, 1.807) is 6.92 Å². The summed E-state index contributed by atoms with van der Waals surface area (Å²) in [6.07, 6.45) is 0.634. The zero-order chi connectivity index (χ0) is 18.3. The van der Waals surface area contributed by atoms with Gasteiger partial charge in [-0.05, 0) is 20.3 Å². The third kappa shape index (κ3) is 8.90. The van der Waals surface area contributed by atoms with Crippen molar-refractivity contribution in [2.24, 2.45) is 11.3 Å². The SMILES string of the molecule is CCC(CO)(CO)CSCC(C)C(=O)NC(C)(C)CS(=O)(=O)O. The highest BCUT2D eigenvalue weighted by Gasteiger charge is 2.30. The van der Waals surface area contributed by atoms with Crippen LogP contribution in [0.25, 0.3) is 0 Å². The summed E-state index contributed by atoms with van der Waals surface area (Å²) < 4.78 is 30.8. The Morgan fingerprint density at radius 1 is 1.26 bits per heavy atom. The number of aliphatic hydroxyl groups excluding tert-OH is 2. The number of aliphatic hydroxyl groups is 2. The second-order valence-electron chi connectivity index (χ2n) is 6.69. The molecule has 0 fully saturated rings. The fourth-order valence-electron chi connectivity index (χ4n) is 1.94. The van der Waals surface area contributed by atoms with Crippen LogP contribution in [0.1, 0.15) is 34.1 Å². The molecule has 0 aromatic rings. The van der Waals surface area contributed by atoms with Crippen LogP contribution >= 0.6 is 11.8 Å². The quantitative estimate of drug-likeness (QED) is 0.390. The molecule has 1 unspecified atom stereocenters. The summed E-state index contributed by atoms with van der Waals surface area (Å²) >= 11 is 1.46. The maximum absolute atomic E-state index is 12.1. The minimum Gasteiger partial charge on any atom is -0.396 e. The fourth-order valence-corrected chi connectivity index (χ4v) is 4.37. The van der Waals surface area contributed by atoms with Gasteiger partial charge in [-0.25, -0.2) is 0 Å². The van der Waals surface area contributed by atoms with E-state index < -0.39 is 26.8 Å². The molecule has 23 heavy (non-hydrogen) atoms. The lowest BCUT2D eigenvalue weighted by Gasteiger charge is -2.29. The van der Waals surface area contributed by atoms with Crippen molar-refractivity contribution in [3.63, 3.8) is 0 Å². The van der Waals surface area contributed by atoms with Crippen LogP contribution in [-0.2, 0) is 14.9 Å². The van der Waals surface area contributed by atoms with Crippen molar-refractivity contribution < 1.29 is 28.0 Å². The Bertz CT molecular complexity index is 465. The van der Waals surface area contributed by atoms with Gasteiger partial charge in [-0.2, -0.15) is 20.2 Å². The first kappa shape index (κ1) is 22.6. The average molecular weight is 372 g/mol. The van der Waals surface area contributed by atoms with Crippen LogP contribution in [0.5, 0.6) is 0 Å². The molecule has 1 amide bonds. The number of hydrogen-bond donors (Lipinski definition) is 4. The van der Waals surface area contributed by atoms with E-state index in [0.29, 0.717) is 17.9 Å². The van der Waals surface area contributed by atoms with Crippen LogP contribution in [0.2, 0.25) is 0 Å². The molecular formula is C14H29NO6S2. The Balaban J connectivity index is 4.47. The van der Waals surface area contributed by atoms with Crippen LogP contribution < -0.4 is 5.32 Å². The van der Waals surface area contributed by atoms with Crippen molar-refractivity contribution >= 4 is 27.8 Å². The Morgan fingerprint density at radius 3 is 2.17 bits per heavy atom. The largest absolute Gasteiger partial charge is 0.396 e. The Morgan fingerprint density at radius 2 is 1.78 bits per heavy atom. The number of thioether (sulfide) groups is 1. The number of carbonyl (C=O) groups is 1. The van der Waals surface area contributed by atoms with E-state index in [1.165, 1.54) is 25.6 Å². The summed E-state index contributed by atoms with van der Waals surface area (Å²) in [5.41, 5.74) is -1.61. The monoisotopic (exact) mass is 371 g/mol. The van der Waals surface area contributed by atoms with Crippen LogP contribution in [0.3, 0.4) is 0 Å². The third-order valence-corrected chi connectivity index (χ3v) is 6.29. The molecule has 4 N–H and O–H groups in total.